The number of aromatic nitrogens is 3. The molecule has 0 atom stereocenters. The van der Waals surface area contributed by atoms with Crippen LogP contribution in [-0.2, 0) is 6.61 Å². The van der Waals surface area contributed by atoms with Gasteiger partial charge in [-0.05, 0) is 18.2 Å². The Hall–Kier alpha value is -1.79. The molecule has 0 unspecified atom stereocenters. The SMILES string of the molecule is CN(C)c1nc(N)nc(COc2ccc(Cl)cc2Cl)n1. The van der Waals surface area contributed by atoms with Crippen LogP contribution < -0.4 is 15.4 Å². The second kappa shape index (κ2) is 6.11. The Morgan fingerprint density at radius 3 is 2.60 bits per heavy atom. The van der Waals surface area contributed by atoms with Gasteiger partial charge in [-0.25, -0.2) is 0 Å². The van der Waals surface area contributed by atoms with Gasteiger partial charge in [-0.15, -0.1) is 0 Å². The van der Waals surface area contributed by atoms with Gasteiger partial charge in [-0.1, -0.05) is 23.2 Å². The van der Waals surface area contributed by atoms with E-state index in [1.807, 2.05) is 14.1 Å². The van der Waals surface area contributed by atoms with Crippen LogP contribution in [0.1, 0.15) is 5.82 Å². The zero-order valence-electron chi connectivity index (χ0n) is 11.0. The fraction of sp³-hybridized carbons (Fsp3) is 0.250. The van der Waals surface area contributed by atoms with E-state index < -0.39 is 0 Å². The third kappa shape index (κ3) is 3.61. The molecule has 8 heteroatoms. The second-order valence-corrected chi connectivity index (χ2v) is 5.01. The van der Waals surface area contributed by atoms with Gasteiger partial charge in [0.25, 0.3) is 0 Å². The summed E-state index contributed by atoms with van der Waals surface area (Å²) in [5, 5.41) is 0.967. The maximum Gasteiger partial charge on any atom is 0.230 e. The Balaban J connectivity index is 2.14. The highest BCUT2D eigenvalue weighted by molar-refractivity contribution is 6.35. The van der Waals surface area contributed by atoms with E-state index in [1.165, 1.54) is 0 Å². The summed E-state index contributed by atoms with van der Waals surface area (Å²) in [6.45, 7) is 0.134. The minimum Gasteiger partial charge on any atom is -0.484 e. The normalized spacial score (nSPS) is 10.4. The number of halogens is 2. The summed E-state index contributed by atoms with van der Waals surface area (Å²) < 4.78 is 5.55. The number of hydrogen-bond donors (Lipinski definition) is 1. The van der Waals surface area contributed by atoms with E-state index in [0.717, 1.165) is 0 Å². The summed E-state index contributed by atoms with van der Waals surface area (Å²) >= 11 is 11.8. The summed E-state index contributed by atoms with van der Waals surface area (Å²) in [7, 11) is 3.63. The smallest absolute Gasteiger partial charge is 0.230 e. The first-order valence-corrected chi connectivity index (χ1v) is 6.47. The highest BCUT2D eigenvalue weighted by atomic mass is 35.5. The molecule has 0 aliphatic rings. The van der Waals surface area contributed by atoms with Crippen molar-refractivity contribution in [1.82, 2.24) is 15.0 Å². The van der Waals surface area contributed by atoms with Crippen LogP contribution in [-0.4, -0.2) is 29.0 Å². The van der Waals surface area contributed by atoms with Crippen LogP contribution in [0.5, 0.6) is 5.75 Å². The van der Waals surface area contributed by atoms with Crippen molar-refractivity contribution in [3.63, 3.8) is 0 Å². The molecule has 0 amide bonds. The predicted molar refractivity (Wildman–Crippen MR) is 79.4 cm³/mol. The van der Waals surface area contributed by atoms with E-state index in [2.05, 4.69) is 15.0 Å². The first-order valence-electron chi connectivity index (χ1n) is 5.71. The zero-order chi connectivity index (χ0) is 14.7. The topological polar surface area (TPSA) is 77.2 Å². The van der Waals surface area contributed by atoms with Crippen LogP contribution in [0.4, 0.5) is 11.9 Å². The van der Waals surface area contributed by atoms with Crippen LogP contribution in [0.3, 0.4) is 0 Å². The van der Waals surface area contributed by atoms with Crippen molar-refractivity contribution in [2.45, 2.75) is 6.61 Å². The Labute approximate surface area is 126 Å². The summed E-state index contributed by atoms with van der Waals surface area (Å²) in [5.74, 6) is 1.54. The lowest BCUT2D eigenvalue weighted by atomic mass is 10.3. The molecule has 0 fully saturated rings. The fourth-order valence-electron chi connectivity index (χ4n) is 1.42. The highest BCUT2D eigenvalue weighted by Gasteiger charge is 2.08. The molecule has 0 aliphatic heterocycles. The van der Waals surface area contributed by atoms with Gasteiger partial charge in [-0.3, -0.25) is 0 Å². The Morgan fingerprint density at radius 1 is 1.20 bits per heavy atom. The van der Waals surface area contributed by atoms with Crippen molar-refractivity contribution in [2.75, 3.05) is 24.7 Å². The van der Waals surface area contributed by atoms with Crippen LogP contribution in [0.15, 0.2) is 18.2 Å². The third-order valence-electron chi connectivity index (χ3n) is 2.34. The molecule has 2 N–H and O–H groups in total. The molecule has 1 heterocycles. The molecule has 0 saturated carbocycles. The summed E-state index contributed by atoms with van der Waals surface area (Å²) in [6, 6.07) is 4.98. The fourth-order valence-corrected chi connectivity index (χ4v) is 1.89. The van der Waals surface area contributed by atoms with Gasteiger partial charge < -0.3 is 15.4 Å². The molecule has 0 spiro atoms. The lowest BCUT2D eigenvalue weighted by molar-refractivity contribution is 0.296. The number of anilines is 2. The van der Waals surface area contributed by atoms with Crippen LogP contribution >= 0.6 is 23.2 Å². The van der Waals surface area contributed by atoms with E-state index >= 15 is 0 Å². The number of nitrogens with zero attached hydrogens (tertiary/aromatic N) is 4. The van der Waals surface area contributed by atoms with Crippen molar-refractivity contribution in [3.8, 4) is 5.75 Å². The molecule has 1 aromatic carbocycles. The van der Waals surface area contributed by atoms with Crippen LogP contribution in [0, 0.1) is 0 Å². The molecular formula is C12H13Cl2N5O. The molecule has 0 aliphatic carbocycles. The summed E-state index contributed by atoms with van der Waals surface area (Å²) in [6.07, 6.45) is 0. The molecule has 0 bridgehead atoms. The maximum atomic E-state index is 6.01. The van der Waals surface area contributed by atoms with Crippen molar-refractivity contribution < 1.29 is 4.74 Å². The molecule has 6 nitrogen and oxygen atoms in total. The quantitative estimate of drug-likeness (QED) is 0.934. The molecule has 2 rings (SSSR count). The van der Waals surface area contributed by atoms with Gasteiger partial charge in [0.1, 0.15) is 12.4 Å². The molecule has 1 aromatic heterocycles. The van der Waals surface area contributed by atoms with Crippen molar-refractivity contribution in [2.24, 2.45) is 0 Å². The van der Waals surface area contributed by atoms with Crippen molar-refractivity contribution in [3.05, 3.63) is 34.1 Å². The third-order valence-corrected chi connectivity index (χ3v) is 2.87. The average Bonchev–Trinajstić information content (AvgIpc) is 2.37. The Morgan fingerprint density at radius 2 is 1.95 bits per heavy atom. The Bertz CT molecular complexity index is 621. The standard InChI is InChI=1S/C12H13Cl2N5O/c1-19(2)12-17-10(16-11(15)18-12)6-20-9-4-3-7(13)5-8(9)14/h3-5H,6H2,1-2H3,(H2,15,16,17,18). The lowest BCUT2D eigenvalue weighted by Crippen LogP contribution is -2.16. The molecule has 20 heavy (non-hydrogen) atoms. The lowest BCUT2D eigenvalue weighted by Gasteiger charge is -2.12. The van der Waals surface area contributed by atoms with Crippen LogP contribution in [0.25, 0.3) is 0 Å². The predicted octanol–water partition coefficient (Wildman–Crippen LogP) is 2.41. The van der Waals surface area contributed by atoms with E-state index in [9.17, 15) is 0 Å². The molecule has 2 aromatic rings. The molecule has 0 saturated heterocycles. The van der Waals surface area contributed by atoms with Gasteiger partial charge in [0, 0.05) is 19.1 Å². The number of rotatable bonds is 4. The molecular weight excluding hydrogens is 301 g/mol. The van der Waals surface area contributed by atoms with Crippen LogP contribution in [0.2, 0.25) is 10.0 Å². The van der Waals surface area contributed by atoms with Gasteiger partial charge in [0.2, 0.25) is 11.9 Å². The zero-order valence-corrected chi connectivity index (χ0v) is 12.5. The largest absolute Gasteiger partial charge is 0.484 e. The maximum absolute atomic E-state index is 6.01. The number of nitrogen functional groups attached to an aromatic ring is 1. The Kier molecular flexibility index (Phi) is 4.46. The minimum atomic E-state index is 0.134. The van der Waals surface area contributed by atoms with Gasteiger partial charge in [0.15, 0.2) is 5.82 Å². The minimum absolute atomic E-state index is 0.134. The average molecular weight is 314 g/mol. The number of hydrogen-bond acceptors (Lipinski definition) is 6. The first-order chi connectivity index (χ1) is 9.45. The second-order valence-electron chi connectivity index (χ2n) is 4.17. The van der Waals surface area contributed by atoms with E-state index in [1.54, 1.807) is 23.1 Å². The van der Waals surface area contributed by atoms with E-state index in [-0.39, 0.29) is 12.6 Å². The monoisotopic (exact) mass is 313 g/mol. The highest BCUT2D eigenvalue weighted by Crippen LogP contribution is 2.27. The van der Waals surface area contributed by atoms with Crippen molar-refractivity contribution in [1.29, 1.82) is 0 Å². The number of benzene rings is 1. The van der Waals surface area contributed by atoms with Crippen molar-refractivity contribution >= 4 is 35.1 Å². The molecule has 0 radical (unpaired) electrons. The van der Waals surface area contributed by atoms with E-state index in [0.29, 0.717) is 27.6 Å². The number of nitrogens with two attached hydrogens (primary N) is 1. The van der Waals surface area contributed by atoms with Gasteiger partial charge >= 0.3 is 0 Å². The van der Waals surface area contributed by atoms with E-state index in [4.69, 9.17) is 33.7 Å². The van der Waals surface area contributed by atoms with Gasteiger partial charge in [-0.2, -0.15) is 15.0 Å². The van der Waals surface area contributed by atoms with Gasteiger partial charge in [0.05, 0.1) is 5.02 Å². The summed E-state index contributed by atoms with van der Waals surface area (Å²) in [4.78, 5) is 14.0. The number of ether oxygens (including phenoxy) is 1. The summed E-state index contributed by atoms with van der Waals surface area (Å²) in [5.41, 5.74) is 5.63. The molecule has 106 valence electrons. The first kappa shape index (κ1) is 14.6.